The van der Waals surface area contributed by atoms with E-state index in [2.05, 4.69) is 16.0 Å². The zero-order valence-electron chi connectivity index (χ0n) is 10.6. The maximum atomic E-state index is 10.5. The van der Waals surface area contributed by atoms with Crippen LogP contribution in [-0.4, -0.2) is 34.0 Å². The number of hydrogen-bond acceptors (Lipinski definition) is 3. The van der Waals surface area contributed by atoms with Gasteiger partial charge in [-0.15, -0.1) is 0 Å². The number of rotatable bonds is 5. The standard InChI is InChI=1S/C14H20N2O2/c17-14(18)5-4-12-6-9-16(10-7-12)11-13-3-1-2-8-15-13/h1-3,8,12H,4-7,9-11H2,(H,17,18). The Labute approximate surface area is 108 Å². The van der Waals surface area contributed by atoms with E-state index < -0.39 is 5.97 Å². The van der Waals surface area contributed by atoms with Crippen molar-refractivity contribution >= 4 is 5.97 Å². The van der Waals surface area contributed by atoms with Crippen LogP contribution in [0.1, 0.15) is 31.4 Å². The molecule has 18 heavy (non-hydrogen) atoms. The topological polar surface area (TPSA) is 53.4 Å². The molecule has 0 aliphatic carbocycles. The molecule has 1 aliphatic heterocycles. The number of pyridine rings is 1. The largest absolute Gasteiger partial charge is 0.481 e. The van der Waals surface area contributed by atoms with Crippen molar-refractivity contribution in [1.29, 1.82) is 0 Å². The molecule has 0 bridgehead atoms. The maximum Gasteiger partial charge on any atom is 0.303 e. The van der Waals surface area contributed by atoms with Crippen molar-refractivity contribution < 1.29 is 9.90 Å². The molecular weight excluding hydrogens is 228 g/mol. The number of nitrogens with zero attached hydrogens (tertiary/aromatic N) is 2. The van der Waals surface area contributed by atoms with Gasteiger partial charge >= 0.3 is 5.97 Å². The lowest BCUT2D eigenvalue weighted by Gasteiger charge is -2.31. The molecule has 0 saturated carbocycles. The van der Waals surface area contributed by atoms with E-state index >= 15 is 0 Å². The third-order valence-corrected chi connectivity index (χ3v) is 3.59. The first-order chi connectivity index (χ1) is 8.74. The Hall–Kier alpha value is -1.42. The predicted molar refractivity (Wildman–Crippen MR) is 69.1 cm³/mol. The Morgan fingerprint density at radius 1 is 1.39 bits per heavy atom. The molecule has 0 aromatic carbocycles. The molecule has 0 unspecified atom stereocenters. The van der Waals surface area contributed by atoms with Crippen LogP contribution < -0.4 is 0 Å². The van der Waals surface area contributed by atoms with Gasteiger partial charge in [-0.3, -0.25) is 14.7 Å². The van der Waals surface area contributed by atoms with Crippen molar-refractivity contribution in [2.45, 2.75) is 32.2 Å². The van der Waals surface area contributed by atoms with Gasteiger partial charge in [0.15, 0.2) is 0 Å². The van der Waals surface area contributed by atoms with Crippen LogP contribution in [0.2, 0.25) is 0 Å². The van der Waals surface area contributed by atoms with Gasteiger partial charge in [0.2, 0.25) is 0 Å². The number of piperidine rings is 1. The van der Waals surface area contributed by atoms with Crippen LogP contribution in [0.4, 0.5) is 0 Å². The molecule has 4 heteroatoms. The van der Waals surface area contributed by atoms with Crippen LogP contribution in [0.15, 0.2) is 24.4 Å². The average Bonchev–Trinajstić information content (AvgIpc) is 2.39. The monoisotopic (exact) mass is 248 g/mol. The van der Waals surface area contributed by atoms with E-state index in [0.717, 1.165) is 44.6 Å². The minimum atomic E-state index is -0.675. The average molecular weight is 248 g/mol. The van der Waals surface area contributed by atoms with Gasteiger partial charge in [-0.1, -0.05) is 6.07 Å². The molecule has 1 aromatic heterocycles. The van der Waals surface area contributed by atoms with Gasteiger partial charge in [-0.2, -0.15) is 0 Å². The van der Waals surface area contributed by atoms with Crippen LogP contribution >= 0.6 is 0 Å². The molecule has 1 N–H and O–H groups in total. The highest BCUT2D eigenvalue weighted by Crippen LogP contribution is 2.22. The fraction of sp³-hybridized carbons (Fsp3) is 0.571. The smallest absolute Gasteiger partial charge is 0.303 e. The van der Waals surface area contributed by atoms with Crippen LogP contribution in [-0.2, 0) is 11.3 Å². The fourth-order valence-corrected chi connectivity index (χ4v) is 2.48. The number of hydrogen-bond donors (Lipinski definition) is 1. The van der Waals surface area contributed by atoms with Crippen molar-refractivity contribution in [2.24, 2.45) is 5.92 Å². The van der Waals surface area contributed by atoms with E-state index in [-0.39, 0.29) is 0 Å². The van der Waals surface area contributed by atoms with Crippen LogP contribution in [0.3, 0.4) is 0 Å². The molecule has 0 atom stereocenters. The van der Waals surface area contributed by atoms with E-state index in [1.807, 2.05) is 18.3 Å². The Bertz CT molecular complexity index is 373. The number of aliphatic carboxylic acids is 1. The number of aromatic nitrogens is 1. The van der Waals surface area contributed by atoms with Crippen molar-refractivity contribution in [3.63, 3.8) is 0 Å². The van der Waals surface area contributed by atoms with Crippen LogP contribution in [0, 0.1) is 5.92 Å². The second kappa shape index (κ2) is 6.50. The first-order valence-corrected chi connectivity index (χ1v) is 6.58. The van der Waals surface area contributed by atoms with Crippen LogP contribution in [0.5, 0.6) is 0 Å². The van der Waals surface area contributed by atoms with E-state index in [4.69, 9.17) is 5.11 Å². The molecule has 1 fully saturated rings. The third kappa shape index (κ3) is 4.11. The first kappa shape index (κ1) is 13.0. The predicted octanol–water partition coefficient (Wildman–Crippen LogP) is 2.16. The highest BCUT2D eigenvalue weighted by Gasteiger charge is 2.19. The molecule has 4 nitrogen and oxygen atoms in total. The summed E-state index contributed by atoms with van der Waals surface area (Å²) >= 11 is 0. The molecule has 1 aliphatic rings. The Morgan fingerprint density at radius 3 is 2.78 bits per heavy atom. The minimum Gasteiger partial charge on any atom is -0.481 e. The highest BCUT2D eigenvalue weighted by atomic mass is 16.4. The van der Waals surface area contributed by atoms with Crippen molar-refractivity contribution in [1.82, 2.24) is 9.88 Å². The van der Waals surface area contributed by atoms with Gasteiger partial charge in [0.05, 0.1) is 5.69 Å². The SMILES string of the molecule is O=C(O)CCC1CCN(Cc2ccccn2)CC1. The van der Waals surface area contributed by atoms with E-state index in [1.165, 1.54) is 0 Å². The quantitative estimate of drug-likeness (QED) is 0.867. The van der Waals surface area contributed by atoms with Crippen molar-refractivity contribution in [3.8, 4) is 0 Å². The summed E-state index contributed by atoms with van der Waals surface area (Å²) in [7, 11) is 0. The summed E-state index contributed by atoms with van der Waals surface area (Å²) in [4.78, 5) is 17.3. The molecular formula is C14H20N2O2. The van der Waals surface area contributed by atoms with Crippen molar-refractivity contribution in [2.75, 3.05) is 13.1 Å². The normalized spacial score (nSPS) is 17.8. The summed E-state index contributed by atoms with van der Waals surface area (Å²) in [5.41, 5.74) is 1.11. The summed E-state index contributed by atoms with van der Waals surface area (Å²) in [5.74, 6) is -0.0907. The lowest BCUT2D eigenvalue weighted by molar-refractivity contribution is -0.137. The number of carboxylic acid groups (broad SMARTS) is 1. The summed E-state index contributed by atoms with van der Waals surface area (Å²) < 4.78 is 0. The molecule has 1 aromatic rings. The Balaban J connectivity index is 1.72. The van der Waals surface area contributed by atoms with Crippen LogP contribution in [0.25, 0.3) is 0 Å². The van der Waals surface area contributed by atoms with Gasteiger partial charge in [-0.05, 0) is 50.4 Å². The summed E-state index contributed by atoms with van der Waals surface area (Å²) in [6.45, 7) is 3.02. The van der Waals surface area contributed by atoms with Gasteiger partial charge in [-0.25, -0.2) is 0 Å². The Kier molecular flexibility index (Phi) is 4.70. The first-order valence-electron chi connectivity index (χ1n) is 6.58. The molecule has 2 rings (SSSR count). The molecule has 0 spiro atoms. The van der Waals surface area contributed by atoms with Gasteiger partial charge < -0.3 is 5.11 Å². The molecule has 2 heterocycles. The van der Waals surface area contributed by atoms with E-state index in [9.17, 15) is 4.79 Å². The lowest BCUT2D eigenvalue weighted by Crippen LogP contribution is -2.33. The van der Waals surface area contributed by atoms with E-state index in [1.54, 1.807) is 0 Å². The number of likely N-dealkylation sites (tertiary alicyclic amines) is 1. The number of carbonyl (C=O) groups is 1. The molecule has 0 radical (unpaired) electrons. The zero-order chi connectivity index (χ0) is 12.8. The van der Waals surface area contributed by atoms with Crippen molar-refractivity contribution in [3.05, 3.63) is 30.1 Å². The molecule has 98 valence electrons. The summed E-state index contributed by atoms with van der Waals surface area (Å²) in [6, 6.07) is 6.00. The van der Waals surface area contributed by atoms with Gasteiger partial charge in [0, 0.05) is 19.2 Å². The molecule has 1 saturated heterocycles. The lowest BCUT2D eigenvalue weighted by atomic mass is 9.92. The third-order valence-electron chi connectivity index (χ3n) is 3.59. The zero-order valence-corrected chi connectivity index (χ0v) is 10.6. The minimum absolute atomic E-state index is 0.310. The van der Waals surface area contributed by atoms with E-state index in [0.29, 0.717) is 12.3 Å². The molecule has 0 amide bonds. The highest BCUT2D eigenvalue weighted by molar-refractivity contribution is 5.66. The Morgan fingerprint density at radius 2 is 2.17 bits per heavy atom. The second-order valence-corrected chi connectivity index (χ2v) is 4.97. The fourth-order valence-electron chi connectivity index (χ4n) is 2.48. The number of carboxylic acids is 1. The maximum absolute atomic E-state index is 10.5. The van der Waals surface area contributed by atoms with Gasteiger partial charge in [0.1, 0.15) is 0 Å². The summed E-state index contributed by atoms with van der Waals surface area (Å²) in [5, 5.41) is 8.67. The van der Waals surface area contributed by atoms with Gasteiger partial charge in [0.25, 0.3) is 0 Å². The second-order valence-electron chi connectivity index (χ2n) is 4.97. The summed E-state index contributed by atoms with van der Waals surface area (Å²) in [6.07, 6.45) is 5.19.